The summed E-state index contributed by atoms with van der Waals surface area (Å²) < 4.78 is 0. The second-order valence-corrected chi connectivity index (χ2v) is 13.5. The molecule has 0 aromatic carbocycles. The number of hydrogen-bond acceptors (Lipinski definition) is 2. The Morgan fingerprint density at radius 3 is 1.50 bits per heavy atom. The Labute approximate surface area is 54.2 Å². The quantitative estimate of drug-likeness (QED) is 0.351. The van der Waals surface area contributed by atoms with Gasteiger partial charge in [0.1, 0.15) is 0 Å². The minimum absolute atomic E-state index is 0. The molecule has 0 spiro atoms. The molecule has 0 aromatic heterocycles. The first-order valence-corrected chi connectivity index (χ1v) is 8.85. The van der Waals surface area contributed by atoms with Crippen molar-refractivity contribution in [2.24, 2.45) is 0 Å². The van der Waals surface area contributed by atoms with Crippen molar-refractivity contribution in [2.75, 3.05) is 0 Å². The molecule has 1 aliphatic rings. The summed E-state index contributed by atoms with van der Waals surface area (Å²) in [4.78, 5) is 0. The fourth-order valence-electron chi connectivity index (χ4n) is 0. The van der Waals surface area contributed by atoms with Gasteiger partial charge in [0, 0.05) is 22.4 Å². The Hall–Kier alpha value is 2.08. The zero-order chi connectivity index (χ0) is 2.12. The van der Waals surface area contributed by atoms with Crippen LogP contribution >= 0.6 is 17.5 Å². The third-order valence-corrected chi connectivity index (χ3v) is 4.50. The van der Waals surface area contributed by atoms with Crippen molar-refractivity contribution in [3.05, 3.63) is 0 Å². The maximum atomic E-state index is 2.07. The molecule has 1 aliphatic heterocycles. The summed E-state index contributed by atoms with van der Waals surface area (Å²) in [7, 11) is 4.15. The van der Waals surface area contributed by atoms with E-state index in [1.54, 1.807) is 0 Å². The van der Waals surface area contributed by atoms with Crippen molar-refractivity contribution in [1.29, 1.82) is 0 Å². The van der Waals surface area contributed by atoms with Crippen molar-refractivity contribution in [1.82, 2.24) is 0 Å². The molecule has 0 bridgehead atoms. The van der Waals surface area contributed by atoms with Gasteiger partial charge >= 0.3 is 32.4 Å². The van der Waals surface area contributed by atoms with Crippen LogP contribution in [0.5, 0.6) is 0 Å². The van der Waals surface area contributed by atoms with Crippen LogP contribution in [0.25, 0.3) is 0 Å². The zero-order valence-electron chi connectivity index (χ0n) is 1.70. The third-order valence-electron chi connectivity index (χ3n) is 0.0962. The Kier molecular flexibility index (Phi) is 4.97. The van der Waals surface area contributed by atoms with Crippen LogP contribution in [0.15, 0.2) is 0 Å². The van der Waals surface area contributed by atoms with Gasteiger partial charge in [0.25, 0.3) is 0 Å². The molecule has 4 heteroatoms. The summed E-state index contributed by atoms with van der Waals surface area (Å²) in [5.74, 6) is 0. The van der Waals surface area contributed by atoms with Crippen LogP contribution in [0.1, 0.15) is 0 Å². The van der Waals surface area contributed by atoms with Gasteiger partial charge in [0.05, 0.1) is 0 Å². The molecular formula is AgGaS2. The van der Waals surface area contributed by atoms with E-state index in [0.29, 0.717) is 15.0 Å². The fourth-order valence-corrected chi connectivity index (χ4v) is 0. The summed E-state index contributed by atoms with van der Waals surface area (Å²) in [6.45, 7) is 0. The van der Waals surface area contributed by atoms with E-state index >= 15 is 0 Å². The van der Waals surface area contributed by atoms with Gasteiger partial charge < -0.3 is 0 Å². The first kappa shape index (κ1) is 6.08. The van der Waals surface area contributed by atoms with Crippen LogP contribution in [0, 0.1) is 0 Å². The third kappa shape index (κ3) is 4.08. The Bertz CT molecular complexity index is 10.8. The predicted octanol–water partition coefficient (Wildman–Crippen LogP) is 0.913. The SMILES string of the molecule is [Ag].[S]1[S][Ga]1. The van der Waals surface area contributed by atoms with E-state index < -0.39 is 0 Å². The molecule has 0 nitrogen and oxygen atoms in total. The van der Waals surface area contributed by atoms with Crippen molar-refractivity contribution < 1.29 is 22.4 Å². The van der Waals surface area contributed by atoms with E-state index in [1.807, 2.05) is 0 Å². The molecule has 2 radical (unpaired) electrons. The van der Waals surface area contributed by atoms with Crippen molar-refractivity contribution in [3.8, 4) is 0 Å². The summed E-state index contributed by atoms with van der Waals surface area (Å²) in [5.41, 5.74) is 0. The van der Waals surface area contributed by atoms with E-state index in [0.717, 1.165) is 0 Å². The van der Waals surface area contributed by atoms with Crippen LogP contribution < -0.4 is 0 Å². The molecule has 0 saturated carbocycles. The molecule has 26 valence electrons. The van der Waals surface area contributed by atoms with Crippen LogP contribution in [0.4, 0.5) is 0 Å². The standard InChI is InChI=1S/Ag.Ga.S2/c;;1-2/q;+2;-2. The van der Waals surface area contributed by atoms with Gasteiger partial charge in [-0.3, -0.25) is 0 Å². The molecule has 4 heavy (non-hydrogen) atoms. The van der Waals surface area contributed by atoms with Crippen LogP contribution in [-0.4, -0.2) is 15.0 Å². The molecule has 1 saturated heterocycles. The average molecular weight is 242 g/mol. The molecule has 1 heterocycles. The summed E-state index contributed by atoms with van der Waals surface area (Å²) in [6, 6.07) is 0. The Balaban J connectivity index is 0.0000000900. The van der Waals surface area contributed by atoms with Gasteiger partial charge in [0.15, 0.2) is 0 Å². The second kappa shape index (κ2) is 3.27. The number of hydrogen-bond donors (Lipinski definition) is 0. The van der Waals surface area contributed by atoms with Gasteiger partial charge in [-0.2, -0.15) is 0 Å². The molecule has 0 unspecified atom stereocenters. The van der Waals surface area contributed by atoms with Crippen LogP contribution in [-0.2, 0) is 22.4 Å². The summed E-state index contributed by atoms with van der Waals surface area (Å²) >= 11 is 0.396. The van der Waals surface area contributed by atoms with E-state index in [1.165, 1.54) is 0 Å². The normalized spacial score (nSPS) is 16.0. The van der Waals surface area contributed by atoms with Gasteiger partial charge in [-0.05, 0) is 0 Å². The molecule has 1 rings (SSSR count). The molecule has 1 fully saturated rings. The fraction of sp³-hybridized carbons (Fsp3) is 0. The van der Waals surface area contributed by atoms with Crippen LogP contribution in [0.2, 0.25) is 0 Å². The summed E-state index contributed by atoms with van der Waals surface area (Å²) in [6.07, 6.45) is 0. The first-order valence-electron chi connectivity index (χ1n) is 0.638. The Morgan fingerprint density at radius 2 is 1.50 bits per heavy atom. The van der Waals surface area contributed by atoms with Crippen molar-refractivity contribution in [2.45, 2.75) is 0 Å². The van der Waals surface area contributed by atoms with Gasteiger partial charge in [-0.25, -0.2) is 0 Å². The van der Waals surface area contributed by atoms with E-state index in [-0.39, 0.29) is 22.4 Å². The zero-order valence-corrected chi connectivity index (χ0v) is 7.23. The second-order valence-electron chi connectivity index (χ2n) is 0.289. The van der Waals surface area contributed by atoms with E-state index in [4.69, 9.17) is 0 Å². The molecule has 0 N–H and O–H groups in total. The van der Waals surface area contributed by atoms with Crippen molar-refractivity contribution >= 4 is 32.4 Å². The number of rotatable bonds is 0. The Morgan fingerprint density at radius 1 is 1.25 bits per heavy atom. The van der Waals surface area contributed by atoms with E-state index in [9.17, 15) is 0 Å². The monoisotopic (exact) mass is 240 g/mol. The summed E-state index contributed by atoms with van der Waals surface area (Å²) in [5, 5.41) is 0. The predicted molar refractivity (Wildman–Crippen MR) is 20.9 cm³/mol. The average Bonchev–Trinajstić information content (AvgIpc) is 1.46. The van der Waals surface area contributed by atoms with E-state index in [2.05, 4.69) is 17.5 Å². The van der Waals surface area contributed by atoms with Gasteiger partial charge in [-0.1, -0.05) is 0 Å². The molecular weight excluding hydrogens is 242 g/mol. The minimum atomic E-state index is 0. The molecule has 0 atom stereocenters. The van der Waals surface area contributed by atoms with Crippen molar-refractivity contribution in [3.63, 3.8) is 0 Å². The maximum absolute atomic E-state index is 2.07. The molecule has 0 aromatic rings. The first-order chi connectivity index (χ1) is 1.50. The van der Waals surface area contributed by atoms with Crippen LogP contribution in [0.3, 0.4) is 0 Å². The molecule has 0 aliphatic carbocycles. The molecule has 0 amide bonds. The topological polar surface area (TPSA) is 0 Å². The van der Waals surface area contributed by atoms with Gasteiger partial charge in [0.2, 0.25) is 0 Å². The van der Waals surface area contributed by atoms with Gasteiger partial charge in [-0.15, -0.1) is 0 Å².